The molecule has 1 aliphatic rings. The zero-order valence-corrected chi connectivity index (χ0v) is 12.2. The molecule has 0 unspecified atom stereocenters. The second kappa shape index (κ2) is 7.93. The van der Waals surface area contributed by atoms with Crippen molar-refractivity contribution < 1.29 is 0 Å². The fourth-order valence-electron chi connectivity index (χ4n) is 1.13. The van der Waals surface area contributed by atoms with Crippen molar-refractivity contribution in [2.45, 2.75) is 35.8 Å². The van der Waals surface area contributed by atoms with Crippen LogP contribution in [0.25, 0.3) is 0 Å². The molecule has 0 aromatic rings. The van der Waals surface area contributed by atoms with Crippen LogP contribution in [-0.4, -0.2) is 24.4 Å². The molecule has 0 aliphatic heterocycles. The monoisotopic (exact) mass is 358 g/mol. The van der Waals surface area contributed by atoms with E-state index in [-0.39, 0.29) is 34.0 Å². The summed E-state index contributed by atoms with van der Waals surface area (Å²) in [7, 11) is 0. The molecule has 0 N–H and O–H groups in total. The Hall–Kier alpha value is 1.83. The minimum absolute atomic E-state index is 0. The van der Waals surface area contributed by atoms with E-state index in [1.807, 2.05) is 0 Å². The van der Waals surface area contributed by atoms with Crippen LogP contribution < -0.4 is 0 Å². The molecule has 0 saturated heterocycles. The van der Waals surface area contributed by atoms with Crippen molar-refractivity contribution in [2.24, 2.45) is 0 Å². The fourth-order valence-corrected chi connectivity index (χ4v) is 2.48. The summed E-state index contributed by atoms with van der Waals surface area (Å²) in [5.41, 5.74) is 0. The molecule has 0 amide bonds. The van der Waals surface area contributed by atoms with Gasteiger partial charge in [-0.2, -0.15) is 0 Å². The van der Waals surface area contributed by atoms with Crippen molar-refractivity contribution in [1.82, 2.24) is 0 Å². The van der Waals surface area contributed by atoms with Crippen LogP contribution in [0.5, 0.6) is 0 Å². The molecule has 0 spiro atoms. The maximum atomic E-state index is 1.54. The molecule has 1 saturated carbocycles. The molecule has 0 aromatic carbocycles. The summed E-state index contributed by atoms with van der Waals surface area (Å²) in [6.45, 7) is 0. The van der Waals surface area contributed by atoms with Crippen LogP contribution in [0.3, 0.4) is 0 Å². The van der Waals surface area contributed by atoms with Crippen molar-refractivity contribution in [2.75, 3.05) is 0 Å². The maximum absolute atomic E-state index is 1.54. The second-order valence-electron chi connectivity index (χ2n) is 2.40. The fraction of sp³-hybridized carbons (Fsp3) is 1.00. The third-order valence-electron chi connectivity index (χ3n) is 1.65. The Morgan fingerprint density at radius 1 is 0.889 bits per heavy atom. The molecule has 1 rings (SSSR count). The van der Waals surface area contributed by atoms with Crippen LogP contribution in [0.4, 0.5) is 0 Å². The molecule has 1 aliphatic carbocycles. The van der Waals surface area contributed by atoms with Gasteiger partial charge in [0.25, 0.3) is 0 Å². The molecule has 2 radical (unpaired) electrons. The number of halogens is 2. The Morgan fingerprint density at radius 3 is 1.56 bits per heavy atom. The van der Waals surface area contributed by atoms with Gasteiger partial charge in [0.05, 0.1) is 0 Å². The van der Waals surface area contributed by atoms with E-state index in [4.69, 9.17) is 0 Å². The van der Waals surface area contributed by atoms with E-state index in [0.717, 1.165) is 0 Å². The Kier molecular flexibility index (Phi) is 11.8. The third-order valence-corrected chi connectivity index (χ3v) is 3.55. The van der Waals surface area contributed by atoms with Gasteiger partial charge in [-0.1, -0.05) is 0 Å². The van der Waals surface area contributed by atoms with Crippen LogP contribution in [0, 0.1) is 0 Å². The van der Waals surface area contributed by atoms with E-state index < -0.39 is 0 Å². The van der Waals surface area contributed by atoms with Crippen molar-refractivity contribution in [3.05, 3.63) is 0 Å². The van der Waals surface area contributed by atoms with Gasteiger partial charge in [0.15, 0.2) is 0 Å². The Balaban J connectivity index is 0. The molecule has 0 heterocycles. The molecular formula is C6H13Br2In. The zero-order valence-electron chi connectivity index (χ0n) is 5.51. The van der Waals surface area contributed by atoms with Gasteiger partial charge >= 0.3 is 60.2 Å². The summed E-state index contributed by atoms with van der Waals surface area (Å²) < 4.78 is 1.17. The van der Waals surface area contributed by atoms with Crippen molar-refractivity contribution in [3.63, 3.8) is 0 Å². The molecule has 54 valence electrons. The summed E-state index contributed by atoms with van der Waals surface area (Å²) in [6, 6.07) is 0. The van der Waals surface area contributed by atoms with Crippen molar-refractivity contribution in [3.8, 4) is 0 Å². The van der Waals surface area contributed by atoms with Crippen LogP contribution in [0.1, 0.15) is 32.1 Å². The Bertz CT molecular complexity index is 53.0. The summed E-state index contributed by atoms with van der Waals surface area (Å²) in [5.74, 6) is 0. The van der Waals surface area contributed by atoms with Gasteiger partial charge in [0.2, 0.25) is 0 Å². The van der Waals surface area contributed by atoms with E-state index in [9.17, 15) is 0 Å². The van der Waals surface area contributed by atoms with Gasteiger partial charge in [0, 0.05) is 0 Å². The first-order valence-corrected chi connectivity index (χ1v) is 5.05. The molecule has 0 aromatic heterocycles. The van der Waals surface area contributed by atoms with E-state index in [1.165, 1.54) is 47.3 Å². The molecule has 0 nitrogen and oxygen atoms in total. The molecule has 1 fully saturated rings. The van der Waals surface area contributed by atoms with E-state index in [1.54, 1.807) is 12.8 Å². The minimum atomic E-state index is 0. The number of rotatable bonds is 0. The summed E-state index contributed by atoms with van der Waals surface area (Å²) in [6.07, 6.45) is 7.64. The SMILES string of the molecule is Br.Br.[In][CH]1CCCCC1. The van der Waals surface area contributed by atoms with Crippen LogP contribution >= 0.6 is 34.0 Å². The molecule has 3 heteroatoms. The summed E-state index contributed by atoms with van der Waals surface area (Å²) >= 11 is 1.51. The van der Waals surface area contributed by atoms with E-state index in [0.29, 0.717) is 0 Å². The van der Waals surface area contributed by atoms with Crippen LogP contribution in [0.15, 0.2) is 0 Å². The van der Waals surface area contributed by atoms with E-state index >= 15 is 0 Å². The Labute approximate surface area is 93.3 Å². The number of hydrogen-bond acceptors (Lipinski definition) is 0. The predicted octanol–water partition coefficient (Wildman–Crippen LogP) is 3.06. The second-order valence-corrected chi connectivity index (χ2v) is 5.09. The predicted molar refractivity (Wildman–Crippen MR) is 53.2 cm³/mol. The number of hydrogen-bond donors (Lipinski definition) is 0. The van der Waals surface area contributed by atoms with Gasteiger partial charge in [0.1, 0.15) is 0 Å². The Morgan fingerprint density at radius 2 is 1.33 bits per heavy atom. The average molecular weight is 360 g/mol. The topological polar surface area (TPSA) is 0 Å². The van der Waals surface area contributed by atoms with Gasteiger partial charge in [-0.05, 0) is 0 Å². The quantitative estimate of drug-likeness (QED) is 0.623. The molecule has 0 atom stereocenters. The van der Waals surface area contributed by atoms with E-state index in [2.05, 4.69) is 0 Å². The first kappa shape index (κ1) is 13.4. The van der Waals surface area contributed by atoms with Crippen LogP contribution in [0.2, 0.25) is 3.67 Å². The van der Waals surface area contributed by atoms with Gasteiger partial charge in [-0.15, -0.1) is 34.0 Å². The van der Waals surface area contributed by atoms with Crippen molar-refractivity contribution >= 4 is 58.3 Å². The first-order chi connectivity index (χ1) is 3.39. The molecular weight excluding hydrogens is 347 g/mol. The van der Waals surface area contributed by atoms with Gasteiger partial charge in [-0.25, -0.2) is 0 Å². The summed E-state index contributed by atoms with van der Waals surface area (Å²) in [4.78, 5) is 0. The van der Waals surface area contributed by atoms with Crippen molar-refractivity contribution in [1.29, 1.82) is 0 Å². The van der Waals surface area contributed by atoms with Gasteiger partial charge < -0.3 is 0 Å². The zero-order chi connectivity index (χ0) is 5.11. The standard InChI is InChI=1S/C6H11.2BrH.In/c1-2-4-6-5-3-1;;;/h1H,2-6H2;2*1H;. The third kappa shape index (κ3) is 6.24. The van der Waals surface area contributed by atoms with Crippen LogP contribution in [-0.2, 0) is 0 Å². The van der Waals surface area contributed by atoms with Gasteiger partial charge in [-0.3, -0.25) is 0 Å². The molecule has 0 bridgehead atoms. The first-order valence-electron chi connectivity index (χ1n) is 3.15. The normalized spacial score (nSPS) is 19.6. The average Bonchev–Trinajstić information content (AvgIpc) is 1.69. The summed E-state index contributed by atoms with van der Waals surface area (Å²) in [5, 5.41) is 0. The molecule has 9 heavy (non-hydrogen) atoms.